The molecule has 1 aromatic carbocycles. The lowest BCUT2D eigenvalue weighted by atomic mass is 9.91. The van der Waals surface area contributed by atoms with E-state index in [1.807, 2.05) is 0 Å². The normalized spacial score (nSPS) is 17.5. The van der Waals surface area contributed by atoms with E-state index in [1.165, 1.54) is 12.1 Å². The molecule has 0 radical (unpaired) electrons. The molecule has 0 spiro atoms. The van der Waals surface area contributed by atoms with Crippen molar-refractivity contribution < 1.29 is 9.18 Å². The van der Waals surface area contributed by atoms with E-state index in [2.05, 4.69) is 0 Å². The van der Waals surface area contributed by atoms with E-state index in [1.54, 1.807) is 6.07 Å². The predicted molar refractivity (Wildman–Crippen MR) is 57.6 cm³/mol. The number of halogens is 2. The van der Waals surface area contributed by atoms with Gasteiger partial charge in [0.2, 0.25) is 0 Å². The highest BCUT2D eigenvalue weighted by molar-refractivity contribution is 6.31. The van der Waals surface area contributed by atoms with Gasteiger partial charge in [-0.25, -0.2) is 4.39 Å². The number of carbonyl (C=O) groups excluding carboxylic acids is 1. The number of carbonyl (C=O) groups is 1. The number of hydrogen-bond donors (Lipinski definition) is 0. The summed E-state index contributed by atoms with van der Waals surface area (Å²) in [5.74, 6) is 0.325. The molecule has 1 aliphatic rings. The van der Waals surface area contributed by atoms with Gasteiger partial charge in [-0.2, -0.15) is 0 Å². The first kappa shape index (κ1) is 10.6. The Labute approximate surface area is 93.2 Å². The Kier molecular flexibility index (Phi) is 3.06. The van der Waals surface area contributed by atoms with Gasteiger partial charge in [-0.1, -0.05) is 11.6 Å². The molecule has 0 saturated heterocycles. The average Bonchev–Trinajstić information content (AvgIpc) is 3.02. The lowest BCUT2D eigenvalue weighted by molar-refractivity contribution is -0.108. The fourth-order valence-electron chi connectivity index (χ4n) is 1.97. The van der Waals surface area contributed by atoms with Crippen LogP contribution in [0.1, 0.15) is 30.7 Å². The first-order valence-corrected chi connectivity index (χ1v) is 5.48. The minimum atomic E-state index is -0.286. The summed E-state index contributed by atoms with van der Waals surface area (Å²) in [4.78, 5) is 10.6. The molecular formula is C12H12ClFO. The summed E-state index contributed by atoms with van der Waals surface area (Å²) >= 11 is 6.02. The maximum atomic E-state index is 13.1. The van der Waals surface area contributed by atoms with Crippen LogP contribution >= 0.6 is 11.6 Å². The molecule has 0 aromatic heterocycles. The molecule has 0 bridgehead atoms. The number of hydrogen-bond acceptors (Lipinski definition) is 1. The van der Waals surface area contributed by atoms with Crippen molar-refractivity contribution in [2.45, 2.75) is 25.2 Å². The van der Waals surface area contributed by atoms with Gasteiger partial charge in [-0.3, -0.25) is 0 Å². The van der Waals surface area contributed by atoms with Crippen molar-refractivity contribution in [3.05, 3.63) is 34.6 Å². The largest absolute Gasteiger partial charge is 0.303 e. The molecule has 1 aromatic rings. The molecule has 2 rings (SSSR count). The van der Waals surface area contributed by atoms with Crippen LogP contribution in [0, 0.1) is 11.7 Å². The van der Waals surface area contributed by atoms with Gasteiger partial charge < -0.3 is 4.79 Å². The molecule has 3 heteroatoms. The molecule has 15 heavy (non-hydrogen) atoms. The number of rotatable bonds is 4. The first-order chi connectivity index (χ1) is 7.22. The molecule has 1 nitrogen and oxygen atoms in total. The summed E-state index contributed by atoms with van der Waals surface area (Å²) in [7, 11) is 0. The molecule has 0 amide bonds. The smallest absolute Gasteiger partial charge is 0.123 e. The standard InChI is InChI=1S/C12H12ClFO/c13-12-4-3-9(14)7-11(12)10(5-6-15)8-1-2-8/h3-4,6-8,10H,1-2,5H2. The van der Waals surface area contributed by atoms with Crippen molar-refractivity contribution in [3.8, 4) is 0 Å². The van der Waals surface area contributed by atoms with Gasteiger partial charge in [0.1, 0.15) is 12.1 Å². The summed E-state index contributed by atoms with van der Waals surface area (Å²) in [5, 5.41) is 0.565. The van der Waals surface area contributed by atoms with E-state index in [9.17, 15) is 9.18 Å². The maximum absolute atomic E-state index is 13.1. The summed E-state index contributed by atoms with van der Waals surface area (Å²) < 4.78 is 13.1. The van der Waals surface area contributed by atoms with Crippen LogP contribution in [0.2, 0.25) is 5.02 Å². The Morgan fingerprint density at radius 3 is 2.87 bits per heavy atom. The minimum Gasteiger partial charge on any atom is -0.303 e. The highest BCUT2D eigenvalue weighted by Crippen LogP contribution is 2.45. The number of aldehydes is 1. The maximum Gasteiger partial charge on any atom is 0.123 e. The van der Waals surface area contributed by atoms with Crippen molar-refractivity contribution in [3.63, 3.8) is 0 Å². The van der Waals surface area contributed by atoms with Crippen LogP contribution in [0.5, 0.6) is 0 Å². The summed E-state index contributed by atoms with van der Waals surface area (Å²) in [6.45, 7) is 0. The van der Waals surface area contributed by atoms with Gasteiger partial charge >= 0.3 is 0 Å². The van der Waals surface area contributed by atoms with Gasteiger partial charge in [0.25, 0.3) is 0 Å². The van der Waals surface area contributed by atoms with Crippen LogP contribution in [0.25, 0.3) is 0 Å². The van der Waals surface area contributed by atoms with E-state index in [0.717, 1.165) is 24.7 Å². The van der Waals surface area contributed by atoms with Gasteiger partial charge in [-0.15, -0.1) is 0 Å². The summed E-state index contributed by atoms with van der Waals surface area (Å²) in [6.07, 6.45) is 3.56. The van der Waals surface area contributed by atoms with Crippen molar-refractivity contribution in [1.29, 1.82) is 0 Å². The monoisotopic (exact) mass is 226 g/mol. The van der Waals surface area contributed by atoms with Crippen molar-refractivity contribution >= 4 is 17.9 Å². The fraction of sp³-hybridized carbons (Fsp3) is 0.417. The second-order valence-electron chi connectivity index (χ2n) is 4.01. The molecule has 1 atom stereocenters. The molecule has 0 heterocycles. The van der Waals surface area contributed by atoms with Gasteiger partial charge in [0.05, 0.1) is 0 Å². The Morgan fingerprint density at radius 2 is 2.27 bits per heavy atom. The van der Waals surface area contributed by atoms with E-state index in [4.69, 9.17) is 11.6 Å². The molecule has 1 aliphatic carbocycles. The number of benzene rings is 1. The predicted octanol–water partition coefficient (Wildman–Crippen LogP) is 3.56. The van der Waals surface area contributed by atoms with E-state index >= 15 is 0 Å². The van der Waals surface area contributed by atoms with Gasteiger partial charge in [-0.05, 0) is 48.4 Å². The van der Waals surface area contributed by atoms with Crippen LogP contribution in [0.3, 0.4) is 0 Å². The summed E-state index contributed by atoms with van der Waals surface area (Å²) in [5.41, 5.74) is 0.784. The quantitative estimate of drug-likeness (QED) is 0.718. The van der Waals surface area contributed by atoms with E-state index in [-0.39, 0.29) is 11.7 Å². The van der Waals surface area contributed by atoms with Crippen LogP contribution in [0.15, 0.2) is 18.2 Å². The molecule has 80 valence electrons. The molecule has 1 fully saturated rings. The minimum absolute atomic E-state index is 0.102. The highest BCUT2D eigenvalue weighted by atomic mass is 35.5. The lowest BCUT2D eigenvalue weighted by Gasteiger charge is -2.15. The van der Waals surface area contributed by atoms with Crippen LogP contribution in [-0.2, 0) is 4.79 Å². The second-order valence-corrected chi connectivity index (χ2v) is 4.42. The van der Waals surface area contributed by atoms with Crippen molar-refractivity contribution in [2.24, 2.45) is 5.92 Å². The average molecular weight is 227 g/mol. The first-order valence-electron chi connectivity index (χ1n) is 5.11. The lowest BCUT2D eigenvalue weighted by Crippen LogP contribution is -2.03. The van der Waals surface area contributed by atoms with Crippen LogP contribution < -0.4 is 0 Å². The Bertz CT molecular complexity index is 374. The molecule has 1 unspecified atom stereocenters. The zero-order chi connectivity index (χ0) is 10.8. The SMILES string of the molecule is O=CCC(c1cc(F)ccc1Cl)C1CC1. The van der Waals surface area contributed by atoms with E-state index in [0.29, 0.717) is 17.4 Å². The fourth-order valence-corrected chi connectivity index (χ4v) is 2.23. The van der Waals surface area contributed by atoms with Gasteiger partial charge in [0, 0.05) is 11.4 Å². The highest BCUT2D eigenvalue weighted by Gasteiger charge is 2.33. The van der Waals surface area contributed by atoms with Crippen molar-refractivity contribution in [2.75, 3.05) is 0 Å². The van der Waals surface area contributed by atoms with Gasteiger partial charge in [0.15, 0.2) is 0 Å². The van der Waals surface area contributed by atoms with Crippen LogP contribution in [-0.4, -0.2) is 6.29 Å². The molecule has 0 aliphatic heterocycles. The Morgan fingerprint density at radius 1 is 1.53 bits per heavy atom. The summed E-state index contributed by atoms with van der Waals surface area (Å²) in [6, 6.07) is 4.36. The van der Waals surface area contributed by atoms with E-state index < -0.39 is 0 Å². The molecule has 0 N–H and O–H groups in total. The third-order valence-electron chi connectivity index (χ3n) is 2.90. The van der Waals surface area contributed by atoms with Crippen molar-refractivity contribution in [1.82, 2.24) is 0 Å². The van der Waals surface area contributed by atoms with Crippen LogP contribution in [0.4, 0.5) is 4.39 Å². The molecule has 1 saturated carbocycles. The topological polar surface area (TPSA) is 17.1 Å². The zero-order valence-electron chi connectivity index (χ0n) is 8.25. The molecular weight excluding hydrogens is 215 g/mol. The second kappa shape index (κ2) is 4.31. The third kappa shape index (κ3) is 2.37. The zero-order valence-corrected chi connectivity index (χ0v) is 9.01. The Balaban J connectivity index is 2.31. The Hall–Kier alpha value is -0.890. The third-order valence-corrected chi connectivity index (χ3v) is 3.24.